The Morgan fingerprint density at radius 1 is 1.58 bits per heavy atom. The predicted octanol–water partition coefficient (Wildman–Crippen LogP) is 0.563. The standard InChI is InChI=1S/C7H14N4S/c1-5(8)4-12-7-10-9-6(2)11(7)3/h5H,4,8H2,1-3H3. The van der Waals surface area contributed by atoms with Gasteiger partial charge in [0.2, 0.25) is 0 Å². The summed E-state index contributed by atoms with van der Waals surface area (Å²) >= 11 is 1.64. The zero-order valence-electron chi connectivity index (χ0n) is 7.61. The van der Waals surface area contributed by atoms with Crippen LogP contribution in [0.2, 0.25) is 0 Å². The van der Waals surface area contributed by atoms with Gasteiger partial charge >= 0.3 is 0 Å². The third-order valence-corrected chi connectivity index (χ3v) is 2.83. The van der Waals surface area contributed by atoms with E-state index < -0.39 is 0 Å². The van der Waals surface area contributed by atoms with Crippen molar-refractivity contribution in [2.24, 2.45) is 12.8 Å². The number of aromatic nitrogens is 3. The lowest BCUT2D eigenvalue weighted by Crippen LogP contribution is -2.17. The number of hydrogen-bond donors (Lipinski definition) is 1. The lowest BCUT2D eigenvalue weighted by Gasteiger charge is -2.03. The maximum atomic E-state index is 5.62. The Balaban J connectivity index is 2.58. The number of hydrogen-bond acceptors (Lipinski definition) is 4. The van der Waals surface area contributed by atoms with E-state index in [9.17, 15) is 0 Å². The van der Waals surface area contributed by atoms with Gasteiger partial charge in [-0.05, 0) is 13.8 Å². The molecule has 1 rings (SSSR count). The monoisotopic (exact) mass is 186 g/mol. The highest BCUT2D eigenvalue weighted by Crippen LogP contribution is 2.15. The molecule has 12 heavy (non-hydrogen) atoms. The summed E-state index contributed by atoms with van der Waals surface area (Å²) in [5, 5.41) is 8.89. The van der Waals surface area contributed by atoms with Gasteiger partial charge in [-0.2, -0.15) is 0 Å². The summed E-state index contributed by atoms with van der Waals surface area (Å²) in [4.78, 5) is 0. The Bertz CT molecular complexity index is 256. The Hall–Kier alpha value is -0.550. The highest BCUT2D eigenvalue weighted by molar-refractivity contribution is 7.99. The van der Waals surface area contributed by atoms with E-state index in [-0.39, 0.29) is 6.04 Å². The van der Waals surface area contributed by atoms with Crippen molar-refractivity contribution in [1.29, 1.82) is 0 Å². The molecule has 0 aromatic carbocycles. The van der Waals surface area contributed by atoms with E-state index in [4.69, 9.17) is 5.73 Å². The molecule has 5 heteroatoms. The van der Waals surface area contributed by atoms with Crippen LogP contribution in [0.3, 0.4) is 0 Å². The second-order valence-corrected chi connectivity index (χ2v) is 3.86. The van der Waals surface area contributed by atoms with Crippen LogP contribution in [0.5, 0.6) is 0 Å². The van der Waals surface area contributed by atoms with Gasteiger partial charge in [0.1, 0.15) is 5.82 Å². The Morgan fingerprint density at radius 3 is 2.67 bits per heavy atom. The Kier molecular flexibility index (Phi) is 3.11. The van der Waals surface area contributed by atoms with Gasteiger partial charge < -0.3 is 10.3 Å². The Labute approximate surface area is 76.5 Å². The van der Waals surface area contributed by atoms with Crippen LogP contribution in [0, 0.1) is 6.92 Å². The van der Waals surface area contributed by atoms with Crippen LogP contribution >= 0.6 is 11.8 Å². The minimum Gasteiger partial charge on any atom is -0.327 e. The lowest BCUT2D eigenvalue weighted by atomic mass is 10.4. The second kappa shape index (κ2) is 3.91. The van der Waals surface area contributed by atoms with Gasteiger partial charge in [0.05, 0.1) is 0 Å². The summed E-state index contributed by atoms with van der Waals surface area (Å²) in [6, 6.07) is 0.201. The van der Waals surface area contributed by atoms with Crippen LogP contribution in [0.1, 0.15) is 12.7 Å². The molecule has 0 radical (unpaired) electrons. The first-order valence-electron chi connectivity index (χ1n) is 3.85. The zero-order chi connectivity index (χ0) is 9.14. The van der Waals surface area contributed by atoms with E-state index in [0.717, 1.165) is 16.7 Å². The van der Waals surface area contributed by atoms with Crippen molar-refractivity contribution in [2.45, 2.75) is 25.0 Å². The van der Waals surface area contributed by atoms with Crippen molar-refractivity contribution in [3.8, 4) is 0 Å². The molecule has 2 N–H and O–H groups in total. The summed E-state index contributed by atoms with van der Waals surface area (Å²) in [5.41, 5.74) is 5.62. The largest absolute Gasteiger partial charge is 0.327 e. The Morgan fingerprint density at radius 2 is 2.25 bits per heavy atom. The molecule has 1 heterocycles. The van der Waals surface area contributed by atoms with Crippen LogP contribution in [0.4, 0.5) is 0 Å². The topological polar surface area (TPSA) is 56.7 Å². The van der Waals surface area contributed by atoms with Crippen LogP contribution in [-0.4, -0.2) is 26.6 Å². The van der Waals surface area contributed by atoms with Gasteiger partial charge in [-0.25, -0.2) is 0 Å². The first-order valence-corrected chi connectivity index (χ1v) is 4.84. The van der Waals surface area contributed by atoms with Gasteiger partial charge in [0.15, 0.2) is 5.16 Å². The smallest absolute Gasteiger partial charge is 0.190 e. The molecule has 0 aliphatic carbocycles. The van der Waals surface area contributed by atoms with E-state index >= 15 is 0 Å². The average molecular weight is 186 g/mol. The van der Waals surface area contributed by atoms with Crippen LogP contribution < -0.4 is 5.73 Å². The number of aryl methyl sites for hydroxylation is 1. The van der Waals surface area contributed by atoms with Crippen molar-refractivity contribution in [1.82, 2.24) is 14.8 Å². The molecule has 0 aliphatic rings. The van der Waals surface area contributed by atoms with Crippen LogP contribution in [-0.2, 0) is 7.05 Å². The summed E-state index contributed by atoms with van der Waals surface area (Å²) < 4.78 is 1.97. The van der Waals surface area contributed by atoms with Crippen LogP contribution in [0.25, 0.3) is 0 Å². The molecule has 4 nitrogen and oxygen atoms in total. The van der Waals surface area contributed by atoms with Crippen molar-refractivity contribution < 1.29 is 0 Å². The van der Waals surface area contributed by atoms with Gasteiger partial charge in [-0.1, -0.05) is 11.8 Å². The molecule has 0 bridgehead atoms. The van der Waals surface area contributed by atoms with E-state index in [2.05, 4.69) is 10.2 Å². The number of rotatable bonds is 3. The fraction of sp³-hybridized carbons (Fsp3) is 0.714. The minimum absolute atomic E-state index is 0.201. The molecule has 1 aromatic heterocycles. The van der Waals surface area contributed by atoms with Gasteiger partial charge in [-0.3, -0.25) is 0 Å². The SMILES string of the molecule is Cc1nnc(SCC(C)N)n1C. The fourth-order valence-electron chi connectivity index (χ4n) is 0.719. The van der Waals surface area contributed by atoms with E-state index in [1.807, 2.05) is 25.5 Å². The summed E-state index contributed by atoms with van der Waals surface area (Å²) in [6.07, 6.45) is 0. The average Bonchev–Trinajstić information content (AvgIpc) is 2.30. The molecule has 0 spiro atoms. The van der Waals surface area contributed by atoms with Gasteiger partial charge in [-0.15, -0.1) is 10.2 Å². The van der Waals surface area contributed by atoms with Crippen molar-refractivity contribution >= 4 is 11.8 Å². The zero-order valence-corrected chi connectivity index (χ0v) is 8.43. The van der Waals surface area contributed by atoms with E-state index in [1.54, 1.807) is 11.8 Å². The number of nitrogens with two attached hydrogens (primary N) is 1. The molecular formula is C7H14N4S. The maximum absolute atomic E-state index is 5.62. The van der Waals surface area contributed by atoms with Gasteiger partial charge in [0, 0.05) is 18.8 Å². The highest BCUT2D eigenvalue weighted by Gasteiger charge is 2.05. The van der Waals surface area contributed by atoms with Crippen molar-refractivity contribution in [3.05, 3.63) is 5.82 Å². The number of thioether (sulfide) groups is 1. The lowest BCUT2D eigenvalue weighted by molar-refractivity contribution is 0.760. The molecule has 1 aromatic rings. The molecule has 0 amide bonds. The molecule has 1 unspecified atom stereocenters. The third kappa shape index (κ3) is 2.22. The maximum Gasteiger partial charge on any atom is 0.190 e. The summed E-state index contributed by atoms with van der Waals surface area (Å²) in [7, 11) is 1.96. The molecule has 68 valence electrons. The minimum atomic E-state index is 0.201. The van der Waals surface area contributed by atoms with Crippen molar-refractivity contribution in [2.75, 3.05) is 5.75 Å². The summed E-state index contributed by atoms with van der Waals surface area (Å²) in [6.45, 7) is 3.92. The van der Waals surface area contributed by atoms with E-state index in [0.29, 0.717) is 0 Å². The van der Waals surface area contributed by atoms with Crippen molar-refractivity contribution in [3.63, 3.8) is 0 Å². The quantitative estimate of drug-likeness (QED) is 0.701. The predicted molar refractivity (Wildman–Crippen MR) is 50.1 cm³/mol. The second-order valence-electron chi connectivity index (χ2n) is 2.88. The van der Waals surface area contributed by atoms with E-state index in [1.165, 1.54) is 0 Å². The molecule has 0 fully saturated rings. The highest BCUT2D eigenvalue weighted by atomic mass is 32.2. The fourth-order valence-corrected chi connectivity index (χ4v) is 1.56. The third-order valence-electron chi connectivity index (χ3n) is 1.53. The first-order chi connectivity index (χ1) is 5.61. The number of nitrogens with zero attached hydrogens (tertiary/aromatic N) is 3. The molecular weight excluding hydrogens is 172 g/mol. The first kappa shape index (κ1) is 9.54. The summed E-state index contributed by atoms with van der Waals surface area (Å²) in [5.74, 6) is 1.81. The van der Waals surface area contributed by atoms with Crippen LogP contribution in [0.15, 0.2) is 5.16 Å². The van der Waals surface area contributed by atoms with Gasteiger partial charge in [0.25, 0.3) is 0 Å². The molecule has 0 saturated heterocycles. The molecule has 0 aliphatic heterocycles. The normalized spacial score (nSPS) is 13.3. The molecule has 1 atom stereocenters. The molecule has 0 saturated carbocycles.